The van der Waals surface area contributed by atoms with Crippen molar-refractivity contribution in [3.8, 4) is 5.75 Å². The highest BCUT2D eigenvalue weighted by Crippen LogP contribution is 2.32. The molecule has 9 heteroatoms. The van der Waals surface area contributed by atoms with E-state index in [1.54, 1.807) is 30.1 Å². The number of hydrogen-bond donors (Lipinski definition) is 2. The van der Waals surface area contributed by atoms with Gasteiger partial charge in [-0.2, -0.15) is 0 Å². The Bertz CT molecular complexity index is 871. The zero-order chi connectivity index (χ0) is 22.7. The molecule has 2 fully saturated rings. The SMILES string of the molecule is COCC(=O)Nc1ccc2c(c1)C(=O)N(C)[C@H]1CC[C@@H](CC(=O)NCC3CC3)O[C@@H]1CO2. The molecule has 0 aromatic heterocycles. The predicted octanol–water partition coefficient (Wildman–Crippen LogP) is 1.57. The molecule has 174 valence electrons. The third-order valence-electron chi connectivity index (χ3n) is 6.27. The van der Waals surface area contributed by atoms with Gasteiger partial charge in [-0.15, -0.1) is 0 Å². The van der Waals surface area contributed by atoms with Gasteiger partial charge in [0.25, 0.3) is 5.91 Å². The van der Waals surface area contributed by atoms with E-state index in [4.69, 9.17) is 14.2 Å². The number of amides is 3. The fraction of sp³-hybridized carbons (Fsp3) is 0.609. The van der Waals surface area contributed by atoms with Crippen LogP contribution in [-0.4, -0.2) is 74.8 Å². The van der Waals surface area contributed by atoms with Crippen LogP contribution in [0.2, 0.25) is 0 Å². The smallest absolute Gasteiger partial charge is 0.257 e. The van der Waals surface area contributed by atoms with Crippen molar-refractivity contribution >= 4 is 23.4 Å². The summed E-state index contributed by atoms with van der Waals surface area (Å²) >= 11 is 0. The number of nitrogens with zero attached hydrogens (tertiary/aromatic N) is 1. The normalized spacial score (nSPS) is 25.0. The molecule has 1 aromatic rings. The Morgan fingerprint density at radius 3 is 2.75 bits per heavy atom. The van der Waals surface area contributed by atoms with Crippen molar-refractivity contribution in [1.29, 1.82) is 0 Å². The minimum absolute atomic E-state index is 0.0185. The molecule has 1 aromatic carbocycles. The number of rotatable bonds is 7. The molecule has 2 heterocycles. The summed E-state index contributed by atoms with van der Waals surface area (Å²) in [4.78, 5) is 38.9. The molecule has 1 saturated carbocycles. The van der Waals surface area contributed by atoms with Gasteiger partial charge in [0.1, 0.15) is 25.1 Å². The van der Waals surface area contributed by atoms with Gasteiger partial charge in [0.05, 0.1) is 24.1 Å². The molecule has 0 unspecified atom stereocenters. The molecule has 1 aliphatic carbocycles. The number of hydrogen-bond acceptors (Lipinski definition) is 6. The molecular weight excluding hydrogens is 414 g/mol. The lowest BCUT2D eigenvalue weighted by atomic mass is 9.94. The van der Waals surface area contributed by atoms with Crippen LogP contribution in [0.15, 0.2) is 18.2 Å². The first kappa shape index (κ1) is 22.5. The fourth-order valence-electron chi connectivity index (χ4n) is 4.29. The third kappa shape index (κ3) is 5.39. The quantitative estimate of drug-likeness (QED) is 0.660. The Morgan fingerprint density at radius 1 is 1.19 bits per heavy atom. The van der Waals surface area contributed by atoms with Crippen molar-refractivity contribution in [2.45, 2.75) is 50.4 Å². The number of carbonyl (C=O) groups is 3. The first-order valence-electron chi connectivity index (χ1n) is 11.2. The average molecular weight is 446 g/mol. The molecule has 2 aliphatic heterocycles. The topological polar surface area (TPSA) is 106 Å². The van der Waals surface area contributed by atoms with Gasteiger partial charge in [-0.25, -0.2) is 0 Å². The summed E-state index contributed by atoms with van der Waals surface area (Å²) in [6.07, 6.45) is 3.67. The summed E-state index contributed by atoms with van der Waals surface area (Å²) < 4.78 is 17.0. The van der Waals surface area contributed by atoms with Crippen molar-refractivity contribution in [3.63, 3.8) is 0 Å². The third-order valence-corrected chi connectivity index (χ3v) is 6.27. The minimum atomic E-state index is -0.312. The first-order chi connectivity index (χ1) is 15.4. The lowest BCUT2D eigenvalue weighted by molar-refractivity contribution is -0.134. The number of nitrogens with one attached hydrogen (secondary N) is 2. The number of anilines is 1. The number of benzene rings is 1. The monoisotopic (exact) mass is 445 g/mol. The Kier molecular flexibility index (Phi) is 6.95. The lowest BCUT2D eigenvalue weighted by Crippen LogP contribution is -2.54. The fourth-order valence-corrected chi connectivity index (χ4v) is 4.29. The van der Waals surface area contributed by atoms with Crippen LogP contribution in [-0.2, 0) is 19.1 Å². The van der Waals surface area contributed by atoms with Gasteiger partial charge < -0.3 is 29.7 Å². The molecule has 4 rings (SSSR count). The summed E-state index contributed by atoms with van der Waals surface area (Å²) in [6.45, 7) is 0.968. The molecule has 1 saturated heterocycles. The van der Waals surface area contributed by atoms with E-state index < -0.39 is 0 Å². The van der Waals surface area contributed by atoms with Crippen molar-refractivity contribution in [3.05, 3.63) is 23.8 Å². The Labute approximate surface area is 187 Å². The van der Waals surface area contributed by atoms with Crippen LogP contribution >= 0.6 is 0 Å². The molecule has 32 heavy (non-hydrogen) atoms. The van der Waals surface area contributed by atoms with Gasteiger partial charge in [0.15, 0.2) is 0 Å². The number of likely N-dealkylation sites (N-methyl/N-ethyl adjacent to an activating group) is 1. The summed E-state index contributed by atoms with van der Waals surface area (Å²) in [5, 5.41) is 5.70. The highest BCUT2D eigenvalue weighted by Gasteiger charge is 2.39. The summed E-state index contributed by atoms with van der Waals surface area (Å²) in [6, 6.07) is 4.84. The summed E-state index contributed by atoms with van der Waals surface area (Å²) in [7, 11) is 3.21. The molecule has 0 bridgehead atoms. The van der Waals surface area contributed by atoms with Crippen molar-refractivity contribution in [2.75, 3.05) is 39.2 Å². The maximum Gasteiger partial charge on any atom is 0.257 e. The van der Waals surface area contributed by atoms with E-state index in [0.717, 1.165) is 13.0 Å². The van der Waals surface area contributed by atoms with E-state index in [9.17, 15) is 14.4 Å². The summed E-state index contributed by atoms with van der Waals surface area (Å²) in [5.74, 6) is 0.612. The van der Waals surface area contributed by atoms with Crippen LogP contribution in [0, 0.1) is 5.92 Å². The Hall–Kier alpha value is -2.65. The number of carbonyl (C=O) groups excluding carboxylic acids is 3. The zero-order valence-electron chi connectivity index (χ0n) is 18.6. The van der Waals surface area contributed by atoms with Gasteiger partial charge in [0, 0.05) is 26.4 Å². The molecule has 3 atom stereocenters. The van der Waals surface area contributed by atoms with Crippen LogP contribution in [0.25, 0.3) is 0 Å². The standard InChI is InChI=1S/C23H31N3O6/c1-26-18-7-6-16(10-21(27)24-11-14-3-4-14)32-20(18)12-31-19-8-5-15(9-17(19)23(26)29)25-22(28)13-30-2/h5,8-9,14,16,18,20H,3-4,6-7,10-13H2,1-2H3,(H,24,27)(H,25,28)/t16-,18-,20+/m0/s1. The lowest BCUT2D eigenvalue weighted by Gasteiger charge is -2.42. The molecule has 0 spiro atoms. The molecule has 9 nitrogen and oxygen atoms in total. The maximum atomic E-state index is 13.2. The Morgan fingerprint density at radius 2 is 2.00 bits per heavy atom. The number of ether oxygens (including phenoxy) is 3. The highest BCUT2D eigenvalue weighted by atomic mass is 16.5. The molecule has 3 amide bonds. The van der Waals surface area contributed by atoms with Crippen molar-refractivity contribution < 1.29 is 28.6 Å². The van der Waals surface area contributed by atoms with Crippen LogP contribution in [0.4, 0.5) is 5.69 Å². The van der Waals surface area contributed by atoms with E-state index in [2.05, 4.69) is 10.6 Å². The van der Waals surface area contributed by atoms with Crippen LogP contribution in [0.5, 0.6) is 5.75 Å². The van der Waals surface area contributed by atoms with Crippen LogP contribution in [0.1, 0.15) is 42.5 Å². The summed E-state index contributed by atoms with van der Waals surface area (Å²) in [5.41, 5.74) is 0.896. The number of methoxy groups -OCH3 is 1. The molecule has 3 aliphatic rings. The number of fused-ring (bicyclic) bond motifs is 2. The van der Waals surface area contributed by atoms with Gasteiger partial charge in [-0.3, -0.25) is 14.4 Å². The first-order valence-corrected chi connectivity index (χ1v) is 11.2. The van der Waals surface area contributed by atoms with E-state index in [0.29, 0.717) is 35.8 Å². The highest BCUT2D eigenvalue weighted by molar-refractivity contribution is 6.00. The van der Waals surface area contributed by atoms with Crippen LogP contribution < -0.4 is 15.4 Å². The molecular formula is C23H31N3O6. The van der Waals surface area contributed by atoms with E-state index in [1.165, 1.54) is 20.0 Å². The second kappa shape index (κ2) is 9.87. The van der Waals surface area contributed by atoms with Crippen molar-refractivity contribution in [2.24, 2.45) is 5.92 Å². The van der Waals surface area contributed by atoms with Gasteiger partial charge in [0.2, 0.25) is 11.8 Å². The average Bonchev–Trinajstić information content (AvgIpc) is 3.60. The minimum Gasteiger partial charge on any atom is -0.490 e. The van der Waals surface area contributed by atoms with Gasteiger partial charge in [-0.05, 0) is 49.8 Å². The second-order valence-corrected chi connectivity index (χ2v) is 8.81. The predicted molar refractivity (Wildman–Crippen MR) is 117 cm³/mol. The molecule has 2 N–H and O–H groups in total. The maximum absolute atomic E-state index is 13.2. The van der Waals surface area contributed by atoms with Gasteiger partial charge >= 0.3 is 0 Å². The largest absolute Gasteiger partial charge is 0.490 e. The van der Waals surface area contributed by atoms with E-state index in [-0.39, 0.29) is 49.2 Å². The van der Waals surface area contributed by atoms with Crippen LogP contribution in [0.3, 0.4) is 0 Å². The second-order valence-electron chi connectivity index (χ2n) is 8.81. The zero-order valence-corrected chi connectivity index (χ0v) is 18.6. The molecule has 0 radical (unpaired) electrons. The van der Waals surface area contributed by atoms with Gasteiger partial charge in [-0.1, -0.05) is 0 Å². The van der Waals surface area contributed by atoms with E-state index in [1.807, 2.05) is 0 Å². The van der Waals surface area contributed by atoms with E-state index >= 15 is 0 Å². The Balaban J connectivity index is 1.41. The van der Waals surface area contributed by atoms with Crippen molar-refractivity contribution in [1.82, 2.24) is 10.2 Å².